The molecule has 5 heteroatoms. The van der Waals surface area contributed by atoms with Gasteiger partial charge >= 0.3 is 0 Å². The molecular weight excluding hydrogens is 406 g/mol. The van der Waals surface area contributed by atoms with Gasteiger partial charge in [-0.25, -0.2) is 9.97 Å². The summed E-state index contributed by atoms with van der Waals surface area (Å²) in [4.78, 5) is 16.1. The Bertz CT molecular complexity index is 1270. The van der Waals surface area contributed by atoms with Crippen molar-refractivity contribution < 1.29 is 0 Å². The number of hydrogen-bond acceptors (Lipinski definition) is 3. The summed E-state index contributed by atoms with van der Waals surface area (Å²) in [6, 6.07) is 17.3. The van der Waals surface area contributed by atoms with E-state index in [0.717, 1.165) is 35.0 Å². The molecule has 2 aromatic heterocycles. The molecule has 6 rings (SSSR count). The quantitative estimate of drug-likeness (QED) is 0.318. The maximum atomic E-state index is 6.41. The first-order valence-electron chi connectivity index (χ1n) is 12.0. The van der Waals surface area contributed by atoms with Crippen molar-refractivity contribution in [3.05, 3.63) is 72.6 Å². The highest BCUT2D eigenvalue weighted by Gasteiger charge is 2.45. The van der Waals surface area contributed by atoms with Crippen LogP contribution < -0.4 is 5.73 Å². The second-order valence-electron chi connectivity index (χ2n) is 10.7. The molecule has 4 N–H and O–H groups in total. The summed E-state index contributed by atoms with van der Waals surface area (Å²) in [6.45, 7) is 4.57. The number of benzene rings is 2. The lowest BCUT2D eigenvalue weighted by Gasteiger charge is -2.15. The molecule has 2 saturated carbocycles. The highest BCUT2D eigenvalue weighted by atomic mass is 15.0. The zero-order valence-electron chi connectivity index (χ0n) is 19.4. The van der Waals surface area contributed by atoms with Gasteiger partial charge in [0.05, 0.1) is 29.8 Å². The summed E-state index contributed by atoms with van der Waals surface area (Å²) in [5.41, 5.74) is 13.9. The highest BCUT2D eigenvalue weighted by Crippen LogP contribution is 2.52. The molecule has 5 nitrogen and oxygen atoms in total. The minimum Gasteiger partial charge on any atom is -0.342 e. The molecule has 2 heterocycles. The van der Waals surface area contributed by atoms with Gasteiger partial charge in [-0.2, -0.15) is 0 Å². The van der Waals surface area contributed by atoms with Crippen LogP contribution in [-0.4, -0.2) is 19.9 Å². The van der Waals surface area contributed by atoms with Crippen LogP contribution in [-0.2, 0) is 6.42 Å². The van der Waals surface area contributed by atoms with Crippen molar-refractivity contribution in [2.24, 2.45) is 16.6 Å². The van der Waals surface area contributed by atoms with E-state index in [2.05, 4.69) is 82.3 Å². The largest absolute Gasteiger partial charge is 0.342 e. The second-order valence-corrected chi connectivity index (χ2v) is 10.7. The van der Waals surface area contributed by atoms with Gasteiger partial charge in [-0.15, -0.1) is 0 Å². The molecule has 4 aromatic rings. The van der Waals surface area contributed by atoms with Crippen LogP contribution in [0.25, 0.3) is 33.6 Å². The SMILES string of the molecule is CC1(Cc2ncc(-c3ccc(-c4ccc(-c5cnc([C@@H](N)C6(C)CC6)[nH]5)cc4)cc3)[nH]2)CC1. The fourth-order valence-electron chi connectivity index (χ4n) is 4.56. The van der Waals surface area contributed by atoms with E-state index in [1.807, 2.05) is 12.4 Å². The van der Waals surface area contributed by atoms with Gasteiger partial charge in [-0.05, 0) is 58.8 Å². The van der Waals surface area contributed by atoms with Crippen LogP contribution in [0.5, 0.6) is 0 Å². The minimum absolute atomic E-state index is 0.0215. The van der Waals surface area contributed by atoms with Gasteiger partial charge in [0, 0.05) is 6.42 Å². The van der Waals surface area contributed by atoms with E-state index in [-0.39, 0.29) is 11.5 Å². The van der Waals surface area contributed by atoms with Gasteiger partial charge in [-0.3, -0.25) is 0 Å². The predicted molar refractivity (Wildman–Crippen MR) is 132 cm³/mol. The molecule has 2 aromatic carbocycles. The van der Waals surface area contributed by atoms with Gasteiger partial charge in [0.15, 0.2) is 0 Å². The van der Waals surface area contributed by atoms with Crippen molar-refractivity contribution in [3.63, 3.8) is 0 Å². The maximum Gasteiger partial charge on any atom is 0.124 e. The number of H-pyrrole nitrogens is 2. The fraction of sp³-hybridized carbons (Fsp3) is 0.357. The molecular formula is C28H31N5. The Hall–Kier alpha value is -3.18. The molecule has 168 valence electrons. The lowest BCUT2D eigenvalue weighted by atomic mass is 9.99. The third kappa shape index (κ3) is 4.02. The number of nitrogens with two attached hydrogens (primary N) is 1. The van der Waals surface area contributed by atoms with Crippen LogP contribution in [0.1, 0.15) is 57.2 Å². The molecule has 0 radical (unpaired) electrons. The summed E-state index contributed by atoms with van der Waals surface area (Å²) >= 11 is 0. The average Bonchev–Trinajstić information content (AvgIpc) is 3.60. The standard InChI is InChI=1S/C28H31N5/c1-27(11-12-27)15-24-30-16-22(32-24)20-7-3-18(4-8-20)19-5-9-21(10-6-19)23-17-31-26(33-23)25(29)28(2)13-14-28/h3-10,16-17,25H,11-15,29H2,1-2H3,(H,30,32)(H,31,33)/t25-/m1/s1. The first-order chi connectivity index (χ1) is 15.9. The van der Waals surface area contributed by atoms with Crippen molar-refractivity contribution in [2.75, 3.05) is 0 Å². The highest BCUT2D eigenvalue weighted by molar-refractivity contribution is 5.71. The molecule has 0 aliphatic heterocycles. The fourth-order valence-corrected chi connectivity index (χ4v) is 4.56. The molecule has 0 bridgehead atoms. The average molecular weight is 438 g/mol. The van der Waals surface area contributed by atoms with E-state index < -0.39 is 0 Å². The van der Waals surface area contributed by atoms with Crippen molar-refractivity contribution in [3.8, 4) is 33.6 Å². The van der Waals surface area contributed by atoms with Crippen LogP contribution in [0.3, 0.4) is 0 Å². The zero-order chi connectivity index (χ0) is 22.6. The number of imidazole rings is 2. The van der Waals surface area contributed by atoms with Crippen molar-refractivity contribution >= 4 is 0 Å². The Morgan fingerprint density at radius 3 is 1.82 bits per heavy atom. The number of nitrogens with zero attached hydrogens (tertiary/aromatic N) is 2. The Balaban J connectivity index is 1.16. The van der Waals surface area contributed by atoms with Gasteiger partial charge in [0.1, 0.15) is 11.6 Å². The predicted octanol–water partition coefficient (Wildman–Crippen LogP) is 6.28. The molecule has 33 heavy (non-hydrogen) atoms. The maximum absolute atomic E-state index is 6.41. The van der Waals surface area contributed by atoms with Crippen molar-refractivity contribution in [1.29, 1.82) is 0 Å². The van der Waals surface area contributed by atoms with Crippen LogP contribution in [0.2, 0.25) is 0 Å². The van der Waals surface area contributed by atoms with E-state index >= 15 is 0 Å². The van der Waals surface area contributed by atoms with Crippen LogP contribution >= 0.6 is 0 Å². The van der Waals surface area contributed by atoms with Gasteiger partial charge in [0.2, 0.25) is 0 Å². The normalized spacial score (nSPS) is 18.8. The number of rotatable bonds is 7. The van der Waals surface area contributed by atoms with Crippen LogP contribution in [0, 0.1) is 10.8 Å². The van der Waals surface area contributed by atoms with Crippen LogP contribution in [0.15, 0.2) is 60.9 Å². The van der Waals surface area contributed by atoms with Crippen molar-refractivity contribution in [2.45, 2.75) is 52.0 Å². The van der Waals surface area contributed by atoms with E-state index in [1.165, 1.54) is 42.4 Å². The molecule has 2 aliphatic carbocycles. The van der Waals surface area contributed by atoms with Gasteiger partial charge < -0.3 is 15.7 Å². The van der Waals surface area contributed by atoms with Gasteiger partial charge in [0.25, 0.3) is 0 Å². The Kier molecular flexibility index (Phi) is 4.59. The summed E-state index contributed by atoms with van der Waals surface area (Å²) in [6.07, 6.45) is 9.87. The Morgan fingerprint density at radius 2 is 1.27 bits per heavy atom. The number of hydrogen-bond donors (Lipinski definition) is 3. The third-order valence-corrected chi connectivity index (χ3v) is 7.73. The topological polar surface area (TPSA) is 83.4 Å². The molecule has 0 amide bonds. The van der Waals surface area contributed by atoms with E-state index in [4.69, 9.17) is 5.73 Å². The van der Waals surface area contributed by atoms with E-state index in [1.54, 1.807) is 0 Å². The first-order valence-corrected chi connectivity index (χ1v) is 12.0. The lowest BCUT2D eigenvalue weighted by Crippen LogP contribution is -2.21. The van der Waals surface area contributed by atoms with E-state index in [0.29, 0.717) is 5.41 Å². The van der Waals surface area contributed by atoms with Crippen LogP contribution in [0.4, 0.5) is 0 Å². The minimum atomic E-state index is -0.0215. The zero-order valence-corrected chi connectivity index (χ0v) is 19.4. The monoisotopic (exact) mass is 437 g/mol. The third-order valence-electron chi connectivity index (χ3n) is 7.73. The molecule has 1 atom stereocenters. The summed E-state index contributed by atoms with van der Waals surface area (Å²) in [5, 5.41) is 0. The Morgan fingerprint density at radius 1 is 0.758 bits per heavy atom. The number of aromatic nitrogens is 4. The molecule has 2 aliphatic rings. The molecule has 0 spiro atoms. The smallest absolute Gasteiger partial charge is 0.124 e. The molecule has 2 fully saturated rings. The van der Waals surface area contributed by atoms with Gasteiger partial charge in [-0.1, -0.05) is 62.4 Å². The summed E-state index contributed by atoms with van der Waals surface area (Å²) in [7, 11) is 0. The summed E-state index contributed by atoms with van der Waals surface area (Å²) < 4.78 is 0. The lowest BCUT2D eigenvalue weighted by molar-refractivity contribution is 0.434. The second kappa shape index (κ2) is 7.42. The summed E-state index contributed by atoms with van der Waals surface area (Å²) in [5.74, 6) is 1.98. The number of nitrogens with one attached hydrogen (secondary N) is 2. The van der Waals surface area contributed by atoms with E-state index in [9.17, 15) is 0 Å². The first kappa shape index (κ1) is 20.4. The Labute approximate surface area is 194 Å². The molecule has 0 saturated heterocycles. The number of aromatic amines is 2. The van der Waals surface area contributed by atoms with Crippen molar-refractivity contribution in [1.82, 2.24) is 19.9 Å². The molecule has 0 unspecified atom stereocenters.